The van der Waals surface area contributed by atoms with Gasteiger partial charge in [-0.3, -0.25) is 0 Å². The first-order valence-electron chi connectivity index (χ1n) is 11.6. The molecule has 160 valence electrons. The molecule has 9 aromatic rings. The Bertz CT molecular complexity index is 2220. The molecule has 0 aliphatic rings. The number of fused-ring (bicyclic) bond motifs is 9. The molecule has 2 nitrogen and oxygen atoms in total. The first kappa shape index (κ1) is 19.4. The third kappa shape index (κ3) is 2.24. The van der Waals surface area contributed by atoms with Gasteiger partial charge in [-0.05, 0) is 33.9 Å². The van der Waals surface area contributed by atoms with Crippen LogP contribution in [-0.2, 0) is 21.1 Å². The van der Waals surface area contributed by atoms with Crippen LogP contribution >= 0.6 is 0 Å². The Morgan fingerprint density at radius 3 is 2.03 bits per heavy atom. The molecular formula is C32H16N2W. The van der Waals surface area contributed by atoms with Crippen LogP contribution in [0.3, 0.4) is 0 Å². The van der Waals surface area contributed by atoms with Crippen LogP contribution in [0.2, 0.25) is 0 Å². The van der Waals surface area contributed by atoms with Gasteiger partial charge in [0.25, 0.3) is 0 Å². The van der Waals surface area contributed by atoms with Crippen LogP contribution in [0, 0.1) is 12.3 Å². The number of para-hydroxylation sites is 3. The Morgan fingerprint density at radius 1 is 0.514 bits per heavy atom. The zero-order chi connectivity index (χ0) is 22.0. The molecule has 4 heterocycles. The number of hydrogen-bond donors (Lipinski definition) is 0. The normalized spacial score (nSPS) is 12.3. The molecule has 5 aromatic carbocycles. The van der Waals surface area contributed by atoms with Gasteiger partial charge in [-0.1, -0.05) is 60.8 Å². The fourth-order valence-electron chi connectivity index (χ4n) is 6.23. The molecule has 0 aliphatic heterocycles. The molecule has 35 heavy (non-hydrogen) atoms. The van der Waals surface area contributed by atoms with Gasteiger partial charge in [-0.25, -0.2) is 5.56 Å². The summed E-state index contributed by atoms with van der Waals surface area (Å²) in [6.45, 7) is 0. The predicted molar refractivity (Wildman–Crippen MR) is 141 cm³/mol. The average Bonchev–Trinajstić information content (AvgIpc) is 3.62. The Kier molecular flexibility index (Phi) is 3.68. The van der Waals surface area contributed by atoms with Crippen LogP contribution in [0.25, 0.3) is 76.4 Å². The minimum atomic E-state index is 0. The second kappa shape index (κ2) is 6.62. The molecule has 0 atom stereocenters. The summed E-state index contributed by atoms with van der Waals surface area (Å²) in [7, 11) is 0. The number of nitrogens with zero attached hydrogens (tertiary/aromatic N) is 2. The Labute approximate surface area is 214 Å². The molecule has 0 unspecified atom stereocenters. The van der Waals surface area contributed by atoms with E-state index in [-0.39, 0.29) is 21.1 Å². The predicted octanol–water partition coefficient (Wildman–Crippen LogP) is 8.10. The molecule has 0 spiro atoms. The topological polar surface area (TPSA) is 8.82 Å². The summed E-state index contributed by atoms with van der Waals surface area (Å²) in [5.41, 5.74) is 8.47. The Hall–Kier alpha value is -3.87. The third-order valence-electron chi connectivity index (χ3n) is 7.60. The first-order valence-corrected chi connectivity index (χ1v) is 11.6. The van der Waals surface area contributed by atoms with E-state index in [0.29, 0.717) is 0 Å². The average molecular weight is 612 g/mol. The van der Waals surface area contributed by atoms with Gasteiger partial charge in [0.2, 0.25) is 0 Å². The van der Waals surface area contributed by atoms with Crippen molar-refractivity contribution in [3.05, 3.63) is 109 Å². The zero-order valence-electron chi connectivity index (χ0n) is 18.5. The summed E-state index contributed by atoms with van der Waals surface area (Å²) in [5.74, 6) is 0. The van der Waals surface area contributed by atoms with Crippen molar-refractivity contribution in [2.75, 3.05) is 0 Å². The molecule has 0 amide bonds. The molecule has 0 bridgehead atoms. The van der Waals surface area contributed by atoms with Crippen LogP contribution in [0.15, 0.2) is 97.1 Å². The SMILES string of the molecule is [W+2].[c-]1ccccc1-c1[c-]n2c3cc4c(cc3c3cccc1c32)c1cccc2c3ccccc3n4c21. The van der Waals surface area contributed by atoms with Crippen molar-refractivity contribution >= 4 is 65.3 Å². The number of hydrogen-bond acceptors (Lipinski definition) is 0. The maximum atomic E-state index is 3.71. The molecular weight excluding hydrogens is 596 g/mol. The van der Waals surface area contributed by atoms with Crippen LogP contribution in [0.5, 0.6) is 0 Å². The van der Waals surface area contributed by atoms with Gasteiger partial charge in [-0.15, -0.1) is 17.5 Å². The maximum absolute atomic E-state index is 3.71. The second-order valence-corrected chi connectivity index (χ2v) is 9.24. The van der Waals surface area contributed by atoms with Crippen LogP contribution in [-0.4, -0.2) is 8.80 Å². The van der Waals surface area contributed by atoms with Crippen molar-refractivity contribution in [3.8, 4) is 11.1 Å². The number of benzene rings is 5. The van der Waals surface area contributed by atoms with E-state index >= 15 is 0 Å². The maximum Gasteiger partial charge on any atom is 2.00 e. The van der Waals surface area contributed by atoms with E-state index in [9.17, 15) is 0 Å². The van der Waals surface area contributed by atoms with Crippen molar-refractivity contribution in [2.24, 2.45) is 0 Å². The molecule has 0 aliphatic carbocycles. The third-order valence-corrected chi connectivity index (χ3v) is 7.60. The van der Waals surface area contributed by atoms with Crippen molar-refractivity contribution in [3.63, 3.8) is 0 Å². The largest absolute Gasteiger partial charge is 2.00 e. The van der Waals surface area contributed by atoms with Gasteiger partial charge < -0.3 is 8.80 Å². The standard InChI is InChI=1S/C32H16N2.W/c1-2-8-19(9-3-1)27-18-33-29-17-30-26(16-25(29)22-12-7-14-24(27)31(22)33)23-13-6-11-21-20-10-4-5-15-28(20)34(30)32(21)23;/h1-8,10-17H;/q-2;+2. The Morgan fingerprint density at radius 2 is 1.20 bits per heavy atom. The van der Waals surface area contributed by atoms with Crippen LogP contribution < -0.4 is 0 Å². The molecule has 9 rings (SSSR count). The first-order chi connectivity index (χ1) is 16.9. The summed E-state index contributed by atoms with van der Waals surface area (Å²) in [6, 6.07) is 38.4. The summed E-state index contributed by atoms with van der Waals surface area (Å²) >= 11 is 0. The van der Waals surface area contributed by atoms with E-state index in [0.717, 1.165) is 11.1 Å². The molecule has 0 saturated carbocycles. The monoisotopic (exact) mass is 612 g/mol. The molecule has 0 saturated heterocycles. The van der Waals surface area contributed by atoms with Gasteiger partial charge in [0.05, 0.1) is 11.0 Å². The quantitative estimate of drug-likeness (QED) is 0.166. The van der Waals surface area contributed by atoms with E-state index in [2.05, 4.69) is 106 Å². The van der Waals surface area contributed by atoms with Crippen LogP contribution in [0.1, 0.15) is 0 Å². The van der Waals surface area contributed by atoms with E-state index in [1.165, 1.54) is 65.3 Å². The fraction of sp³-hybridized carbons (Fsp3) is 0. The van der Waals surface area contributed by atoms with Gasteiger partial charge in [0.15, 0.2) is 0 Å². The summed E-state index contributed by atoms with van der Waals surface area (Å²) in [6.07, 6.45) is 3.71. The van der Waals surface area contributed by atoms with E-state index in [1.807, 2.05) is 12.1 Å². The van der Waals surface area contributed by atoms with E-state index in [1.54, 1.807) is 0 Å². The number of rotatable bonds is 1. The van der Waals surface area contributed by atoms with Crippen LogP contribution in [0.4, 0.5) is 0 Å². The van der Waals surface area contributed by atoms with E-state index in [4.69, 9.17) is 0 Å². The van der Waals surface area contributed by atoms with Crippen molar-refractivity contribution in [2.45, 2.75) is 0 Å². The van der Waals surface area contributed by atoms with Gasteiger partial charge in [0, 0.05) is 27.1 Å². The fourth-order valence-corrected chi connectivity index (χ4v) is 6.23. The van der Waals surface area contributed by atoms with Gasteiger partial charge >= 0.3 is 21.1 Å². The van der Waals surface area contributed by atoms with Crippen molar-refractivity contribution in [1.82, 2.24) is 8.80 Å². The minimum absolute atomic E-state index is 0. The molecule has 0 fully saturated rings. The van der Waals surface area contributed by atoms with Crippen molar-refractivity contribution in [1.29, 1.82) is 0 Å². The summed E-state index contributed by atoms with van der Waals surface area (Å²) in [4.78, 5) is 0. The molecule has 4 aromatic heterocycles. The smallest absolute Gasteiger partial charge is 0.425 e. The van der Waals surface area contributed by atoms with Gasteiger partial charge in [-0.2, -0.15) is 29.8 Å². The van der Waals surface area contributed by atoms with Crippen molar-refractivity contribution < 1.29 is 21.1 Å². The summed E-state index contributed by atoms with van der Waals surface area (Å²) in [5, 5.41) is 9.05. The summed E-state index contributed by atoms with van der Waals surface area (Å²) < 4.78 is 4.72. The minimum Gasteiger partial charge on any atom is -0.425 e. The second-order valence-electron chi connectivity index (χ2n) is 9.24. The van der Waals surface area contributed by atoms with Gasteiger partial charge in [0.1, 0.15) is 0 Å². The number of aromatic nitrogens is 2. The molecule has 0 radical (unpaired) electrons. The zero-order valence-corrected chi connectivity index (χ0v) is 21.5. The molecule has 0 N–H and O–H groups in total. The molecule has 3 heteroatoms. The van der Waals surface area contributed by atoms with E-state index < -0.39 is 0 Å². The Balaban J connectivity index is 0.00000196.